The molecule has 1 aromatic carbocycles. The molecular weight excluding hydrogens is 286 g/mol. The quantitative estimate of drug-likeness (QED) is 0.840. The van der Waals surface area contributed by atoms with E-state index in [1.807, 2.05) is 12.1 Å². The number of amides is 1. The van der Waals surface area contributed by atoms with Crippen molar-refractivity contribution in [3.8, 4) is 0 Å². The number of benzene rings is 1. The number of hydrogen-bond donors (Lipinski definition) is 2. The van der Waals surface area contributed by atoms with E-state index < -0.39 is 0 Å². The van der Waals surface area contributed by atoms with Gasteiger partial charge in [0.1, 0.15) is 0 Å². The second-order valence-corrected chi connectivity index (χ2v) is 7.14. The first-order valence-electron chi connectivity index (χ1n) is 9.08. The third kappa shape index (κ3) is 4.71. The lowest BCUT2D eigenvalue weighted by molar-refractivity contribution is -0.127. The number of nitrogens with two attached hydrogens (primary N) is 1. The molecule has 1 aliphatic heterocycles. The molecule has 0 radical (unpaired) electrons. The number of nitrogens with one attached hydrogen (secondary N) is 1. The fourth-order valence-corrected chi connectivity index (χ4v) is 3.87. The number of hydrogen-bond acceptors (Lipinski definition) is 3. The smallest absolute Gasteiger partial charge is 0.223 e. The normalized spacial score (nSPS) is 21.2. The van der Waals surface area contributed by atoms with Crippen molar-refractivity contribution in [3.63, 3.8) is 0 Å². The zero-order chi connectivity index (χ0) is 16.1. The summed E-state index contributed by atoms with van der Waals surface area (Å²) in [6.07, 6.45) is 8.02. The van der Waals surface area contributed by atoms with Crippen LogP contribution in [0.4, 0.5) is 5.69 Å². The lowest BCUT2D eigenvalue weighted by Gasteiger charge is -2.33. The molecule has 0 unspecified atom stereocenters. The highest BCUT2D eigenvalue weighted by Crippen LogP contribution is 2.24. The summed E-state index contributed by atoms with van der Waals surface area (Å²) in [6.45, 7) is 3.04. The Bertz CT molecular complexity index is 517. The Hall–Kier alpha value is -1.55. The van der Waals surface area contributed by atoms with Gasteiger partial charge in [0.2, 0.25) is 5.91 Å². The van der Waals surface area contributed by atoms with Crippen LogP contribution in [0.2, 0.25) is 0 Å². The minimum atomic E-state index is 0.272. The van der Waals surface area contributed by atoms with Gasteiger partial charge in [0, 0.05) is 37.3 Å². The van der Waals surface area contributed by atoms with Crippen LogP contribution in [-0.4, -0.2) is 29.9 Å². The number of rotatable bonds is 4. The summed E-state index contributed by atoms with van der Waals surface area (Å²) in [5, 5.41) is 3.30. The van der Waals surface area contributed by atoms with Gasteiger partial charge >= 0.3 is 0 Å². The zero-order valence-electron chi connectivity index (χ0n) is 14.0. The molecule has 4 heteroatoms. The highest BCUT2D eigenvalue weighted by atomic mass is 16.1. The van der Waals surface area contributed by atoms with Crippen LogP contribution in [0.5, 0.6) is 0 Å². The molecule has 0 spiro atoms. The maximum Gasteiger partial charge on any atom is 0.223 e. The number of nitrogen functional groups attached to an aromatic ring is 1. The van der Waals surface area contributed by atoms with Crippen LogP contribution in [0.3, 0.4) is 0 Å². The van der Waals surface area contributed by atoms with Crippen LogP contribution in [0.15, 0.2) is 24.3 Å². The van der Waals surface area contributed by atoms with Crippen LogP contribution in [-0.2, 0) is 11.3 Å². The summed E-state index contributed by atoms with van der Waals surface area (Å²) in [4.78, 5) is 14.8. The van der Waals surface area contributed by atoms with Crippen molar-refractivity contribution < 1.29 is 4.79 Å². The number of anilines is 1. The van der Waals surface area contributed by atoms with Crippen LogP contribution in [0.25, 0.3) is 0 Å². The summed E-state index contributed by atoms with van der Waals surface area (Å²) >= 11 is 0. The molecule has 0 aromatic heterocycles. The van der Waals surface area contributed by atoms with E-state index in [9.17, 15) is 4.79 Å². The minimum Gasteiger partial charge on any atom is -0.399 e. The fourth-order valence-electron chi connectivity index (χ4n) is 3.87. The highest BCUT2D eigenvalue weighted by molar-refractivity contribution is 5.79. The Morgan fingerprint density at radius 3 is 2.57 bits per heavy atom. The number of carbonyl (C=O) groups is 1. The summed E-state index contributed by atoms with van der Waals surface area (Å²) in [7, 11) is 0. The van der Waals surface area contributed by atoms with E-state index in [4.69, 9.17) is 5.73 Å². The molecule has 4 nitrogen and oxygen atoms in total. The summed E-state index contributed by atoms with van der Waals surface area (Å²) < 4.78 is 0. The molecule has 2 fully saturated rings. The molecule has 0 bridgehead atoms. The van der Waals surface area contributed by atoms with E-state index in [0.717, 1.165) is 51.0 Å². The van der Waals surface area contributed by atoms with E-state index in [2.05, 4.69) is 22.3 Å². The Balaban J connectivity index is 1.42. The first-order chi connectivity index (χ1) is 11.2. The molecule has 1 aromatic rings. The van der Waals surface area contributed by atoms with Crippen LogP contribution in [0, 0.1) is 5.92 Å². The van der Waals surface area contributed by atoms with Crippen molar-refractivity contribution in [1.29, 1.82) is 0 Å². The van der Waals surface area contributed by atoms with Gasteiger partial charge in [0.25, 0.3) is 0 Å². The highest BCUT2D eigenvalue weighted by Gasteiger charge is 2.25. The fraction of sp³-hybridized carbons (Fsp3) is 0.632. The van der Waals surface area contributed by atoms with Gasteiger partial charge in [-0.15, -0.1) is 0 Å². The minimum absolute atomic E-state index is 0.272. The average Bonchev–Trinajstić information content (AvgIpc) is 2.57. The molecule has 126 valence electrons. The van der Waals surface area contributed by atoms with Crippen molar-refractivity contribution in [2.24, 2.45) is 5.92 Å². The van der Waals surface area contributed by atoms with Crippen LogP contribution in [0.1, 0.15) is 50.5 Å². The summed E-state index contributed by atoms with van der Waals surface area (Å²) in [5.41, 5.74) is 7.95. The van der Waals surface area contributed by atoms with E-state index in [-0.39, 0.29) is 5.92 Å². The molecule has 23 heavy (non-hydrogen) atoms. The largest absolute Gasteiger partial charge is 0.399 e. The first kappa shape index (κ1) is 16.3. The number of likely N-dealkylation sites (tertiary alicyclic amines) is 1. The van der Waals surface area contributed by atoms with Crippen molar-refractivity contribution in [3.05, 3.63) is 29.8 Å². The number of piperidine rings is 1. The summed E-state index contributed by atoms with van der Waals surface area (Å²) in [5.74, 6) is 0.577. The first-order valence-corrected chi connectivity index (χ1v) is 9.08. The van der Waals surface area contributed by atoms with E-state index in [0.29, 0.717) is 11.9 Å². The van der Waals surface area contributed by atoms with E-state index >= 15 is 0 Å². The third-order valence-electron chi connectivity index (χ3n) is 5.27. The van der Waals surface area contributed by atoms with Crippen LogP contribution < -0.4 is 11.1 Å². The molecule has 2 aliphatic rings. The predicted octanol–water partition coefficient (Wildman–Crippen LogP) is 2.93. The van der Waals surface area contributed by atoms with Gasteiger partial charge in [-0.05, 0) is 43.4 Å². The summed E-state index contributed by atoms with van der Waals surface area (Å²) in [6, 6.07) is 8.49. The lowest BCUT2D eigenvalue weighted by Crippen LogP contribution is -2.46. The Morgan fingerprint density at radius 1 is 1.13 bits per heavy atom. The molecule has 1 saturated heterocycles. The van der Waals surface area contributed by atoms with Crippen molar-refractivity contribution in [2.75, 3.05) is 18.8 Å². The molecule has 1 aliphatic carbocycles. The molecule has 1 saturated carbocycles. The van der Waals surface area contributed by atoms with Crippen molar-refractivity contribution in [1.82, 2.24) is 10.2 Å². The van der Waals surface area contributed by atoms with Gasteiger partial charge in [0.05, 0.1) is 0 Å². The second-order valence-electron chi connectivity index (χ2n) is 7.14. The van der Waals surface area contributed by atoms with Gasteiger partial charge in [-0.2, -0.15) is 0 Å². The van der Waals surface area contributed by atoms with Gasteiger partial charge < -0.3 is 11.1 Å². The monoisotopic (exact) mass is 315 g/mol. The lowest BCUT2D eigenvalue weighted by atomic mass is 9.88. The zero-order valence-corrected chi connectivity index (χ0v) is 14.0. The topological polar surface area (TPSA) is 58.4 Å². The van der Waals surface area contributed by atoms with Gasteiger partial charge in [-0.3, -0.25) is 9.69 Å². The van der Waals surface area contributed by atoms with Gasteiger partial charge in [-0.1, -0.05) is 31.4 Å². The molecule has 3 rings (SSSR count). The van der Waals surface area contributed by atoms with Gasteiger partial charge in [-0.25, -0.2) is 0 Å². The van der Waals surface area contributed by atoms with Crippen LogP contribution >= 0.6 is 0 Å². The molecule has 1 heterocycles. The Morgan fingerprint density at radius 2 is 1.87 bits per heavy atom. The molecule has 1 amide bonds. The molecular formula is C19H29N3O. The standard InChI is InChI=1S/C19H29N3O/c20-17-8-4-5-15(13-17)14-22-11-9-18(10-12-22)21-19(23)16-6-2-1-3-7-16/h4-5,8,13,16,18H,1-3,6-7,9-12,14,20H2,(H,21,23). The molecule has 3 N–H and O–H groups in total. The number of nitrogens with zero attached hydrogens (tertiary/aromatic N) is 1. The third-order valence-corrected chi connectivity index (χ3v) is 5.27. The maximum atomic E-state index is 12.3. The second kappa shape index (κ2) is 7.82. The number of carbonyl (C=O) groups excluding carboxylic acids is 1. The Kier molecular flexibility index (Phi) is 5.55. The van der Waals surface area contributed by atoms with E-state index in [1.165, 1.54) is 24.8 Å². The average molecular weight is 315 g/mol. The van der Waals surface area contributed by atoms with Gasteiger partial charge in [0.15, 0.2) is 0 Å². The maximum absolute atomic E-state index is 12.3. The Labute approximate surface area is 139 Å². The predicted molar refractivity (Wildman–Crippen MR) is 93.9 cm³/mol. The van der Waals surface area contributed by atoms with Crippen molar-refractivity contribution in [2.45, 2.75) is 57.5 Å². The van der Waals surface area contributed by atoms with E-state index in [1.54, 1.807) is 0 Å². The SMILES string of the molecule is Nc1cccc(CN2CCC(NC(=O)C3CCCCC3)CC2)c1. The molecule has 0 atom stereocenters. The van der Waals surface area contributed by atoms with Crippen molar-refractivity contribution >= 4 is 11.6 Å².